The van der Waals surface area contributed by atoms with Crippen molar-refractivity contribution in [1.82, 2.24) is 10.2 Å². The maximum absolute atomic E-state index is 12.2. The molecule has 1 amide bonds. The molecule has 0 spiro atoms. The van der Waals surface area contributed by atoms with Crippen LogP contribution in [0.3, 0.4) is 0 Å². The highest BCUT2D eigenvalue weighted by Crippen LogP contribution is 2.28. The number of carbonyl (C=O) groups excluding carboxylic acids is 1. The first-order valence-corrected chi connectivity index (χ1v) is 10.4. The Labute approximate surface area is 180 Å². The van der Waals surface area contributed by atoms with Gasteiger partial charge in [0, 0.05) is 44.5 Å². The van der Waals surface area contributed by atoms with Gasteiger partial charge in [0.05, 0.1) is 18.6 Å². The summed E-state index contributed by atoms with van der Waals surface area (Å²) in [5.41, 5.74) is 2.39. The summed E-state index contributed by atoms with van der Waals surface area (Å²) in [6.07, 6.45) is -4.90. The summed E-state index contributed by atoms with van der Waals surface area (Å²) in [6.45, 7) is 1.70. The van der Waals surface area contributed by atoms with Gasteiger partial charge in [-0.3, -0.25) is 9.69 Å². The van der Waals surface area contributed by atoms with Gasteiger partial charge in [-0.1, -0.05) is 30.3 Å². The molecule has 1 aliphatic heterocycles. The molecule has 0 bridgehead atoms. The van der Waals surface area contributed by atoms with Crippen LogP contribution in [0.1, 0.15) is 34.8 Å². The van der Waals surface area contributed by atoms with E-state index in [1.807, 2.05) is 25.2 Å². The van der Waals surface area contributed by atoms with Crippen LogP contribution in [-0.2, 0) is 0 Å². The van der Waals surface area contributed by atoms with Crippen LogP contribution < -0.4 is 10.2 Å². The summed E-state index contributed by atoms with van der Waals surface area (Å²) in [6, 6.07) is 17.1. The molecule has 3 rings (SSSR count). The number of hydrogen-bond acceptors (Lipinski definition) is 4. The van der Waals surface area contributed by atoms with E-state index in [-0.39, 0.29) is 12.1 Å². The fourth-order valence-electron chi connectivity index (χ4n) is 3.81. The molecule has 5 nitrogen and oxygen atoms in total. The van der Waals surface area contributed by atoms with E-state index < -0.39 is 25.0 Å². The highest BCUT2D eigenvalue weighted by atomic mass is 19.4. The molecule has 0 aromatic heterocycles. The number of aliphatic hydroxyl groups is 1. The second-order valence-corrected chi connectivity index (χ2v) is 7.91. The zero-order chi connectivity index (χ0) is 22.4. The number of halogens is 3. The van der Waals surface area contributed by atoms with Crippen LogP contribution in [0, 0.1) is 0 Å². The number of alkyl halides is 3. The molecular formula is C23H28F3N3O2. The van der Waals surface area contributed by atoms with Crippen molar-refractivity contribution in [2.75, 3.05) is 38.1 Å². The Morgan fingerprint density at radius 1 is 1.19 bits per heavy atom. The van der Waals surface area contributed by atoms with Gasteiger partial charge in [0.1, 0.15) is 0 Å². The SMILES string of the molecule is CN(CC(c1ccccc1)N1CCC(O)C1)c1ccc(C(=O)NCCC(F)(F)F)cc1. The molecular weight excluding hydrogens is 407 g/mol. The number of nitrogens with one attached hydrogen (secondary N) is 1. The predicted octanol–water partition coefficient (Wildman–Crippen LogP) is 3.61. The molecule has 1 fully saturated rings. The maximum Gasteiger partial charge on any atom is 0.390 e. The first-order valence-electron chi connectivity index (χ1n) is 10.4. The minimum absolute atomic E-state index is 0.105. The quantitative estimate of drug-likeness (QED) is 0.665. The van der Waals surface area contributed by atoms with Gasteiger partial charge in [-0.15, -0.1) is 0 Å². The third-order valence-electron chi connectivity index (χ3n) is 5.53. The minimum atomic E-state index is -4.29. The van der Waals surface area contributed by atoms with E-state index in [1.54, 1.807) is 24.3 Å². The molecule has 2 unspecified atom stereocenters. The van der Waals surface area contributed by atoms with Crippen LogP contribution in [0.5, 0.6) is 0 Å². The van der Waals surface area contributed by atoms with Crippen molar-refractivity contribution in [3.8, 4) is 0 Å². The lowest BCUT2D eigenvalue weighted by Crippen LogP contribution is -2.36. The average molecular weight is 435 g/mol. The number of rotatable bonds is 8. The number of carbonyl (C=O) groups is 1. The standard InChI is InChI=1S/C23H28F3N3O2/c1-28(16-21(17-5-3-2-4-6-17)29-14-11-20(30)15-29)19-9-7-18(8-10-19)22(31)27-13-12-23(24,25)26/h2-10,20-21,30H,11-16H2,1H3,(H,27,31). The lowest BCUT2D eigenvalue weighted by molar-refractivity contribution is -0.132. The molecule has 2 atom stereocenters. The highest BCUT2D eigenvalue weighted by Gasteiger charge is 2.29. The Kier molecular flexibility index (Phi) is 7.56. The second kappa shape index (κ2) is 10.2. The van der Waals surface area contributed by atoms with Crippen molar-refractivity contribution in [2.45, 2.75) is 31.2 Å². The Morgan fingerprint density at radius 2 is 1.87 bits per heavy atom. The Balaban J connectivity index is 1.64. The number of amides is 1. The van der Waals surface area contributed by atoms with Crippen LogP contribution in [0.15, 0.2) is 54.6 Å². The Bertz CT molecular complexity index is 843. The largest absolute Gasteiger partial charge is 0.392 e. The maximum atomic E-state index is 12.2. The Morgan fingerprint density at radius 3 is 2.45 bits per heavy atom. The summed E-state index contributed by atoms with van der Waals surface area (Å²) in [4.78, 5) is 16.4. The summed E-state index contributed by atoms with van der Waals surface area (Å²) >= 11 is 0. The summed E-state index contributed by atoms with van der Waals surface area (Å²) in [5.74, 6) is -0.522. The van der Waals surface area contributed by atoms with Crippen molar-refractivity contribution in [3.63, 3.8) is 0 Å². The number of likely N-dealkylation sites (N-methyl/N-ethyl adjacent to an activating group) is 1. The van der Waals surface area contributed by atoms with Crippen LogP contribution in [0.25, 0.3) is 0 Å². The first kappa shape index (κ1) is 23.1. The zero-order valence-electron chi connectivity index (χ0n) is 17.5. The van der Waals surface area contributed by atoms with Crippen LogP contribution in [-0.4, -0.2) is 61.4 Å². The van der Waals surface area contributed by atoms with Gasteiger partial charge in [0.15, 0.2) is 0 Å². The van der Waals surface area contributed by atoms with E-state index in [0.717, 1.165) is 18.7 Å². The number of likely N-dealkylation sites (tertiary alicyclic amines) is 1. The molecule has 168 valence electrons. The van der Waals surface area contributed by atoms with Crippen LogP contribution in [0.2, 0.25) is 0 Å². The zero-order valence-corrected chi connectivity index (χ0v) is 17.5. The number of benzene rings is 2. The van der Waals surface area contributed by atoms with Gasteiger partial charge in [-0.25, -0.2) is 0 Å². The van der Waals surface area contributed by atoms with E-state index in [2.05, 4.69) is 27.2 Å². The fraction of sp³-hybridized carbons (Fsp3) is 0.435. The van der Waals surface area contributed by atoms with Crippen molar-refractivity contribution in [3.05, 3.63) is 65.7 Å². The molecule has 0 aliphatic carbocycles. The molecule has 2 N–H and O–H groups in total. The average Bonchev–Trinajstić information content (AvgIpc) is 3.17. The second-order valence-electron chi connectivity index (χ2n) is 7.91. The molecule has 1 heterocycles. The normalized spacial score (nSPS) is 18.0. The van der Waals surface area contributed by atoms with Gasteiger partial charge in [-0.2, -0.15) is 13.2 Å². The van der Waals surface area contributed by atoms with E-state index >= 15 is 0 Å². The molecule has 2 aromatic rings. The van der Waals surface area contributed by atoms with Gasteiger partial charge in [0.25, 0.3) is 5.91 Å². The van der Waals surface area contributed by atoms with E-state index in [0.29, 0.717) is 18.7 Å². The lowest BCUT2D eigenvalue weighted by Gasteiger charge is -2.33. The van der Waals surface area contributed by atoms with Crippen molar-refractivity contribution in [1.29, 1.82) is 0 Å². The molecule has 0 saturated carbocycles. The molecule has 1 aliphatic rings. The number of nitrogens with zero attached hydrogens (tertiary/aromatic N) is 2. The molecule has 0 radical (unpaired) electrons. The smallest absolute Gasteiger partial charge is 0.390 e. The van der Waals surface area contributed by atoms with E-state index in [1.165, 1.54) is 5.56 Å². The van der Waals surface area contributed by atoms with Gasteiger partial charge < -0.3 is 15.3 Å². The molecule has 8 heteroatoms. The van der Waals surface area contributed by atoms with Gasteiger partial charge >= 0.3 is 6.18 Å². The van der Waals surface area contributed by atoms with Crippen molar-refractivity contribution in [2.24, 2.45) is 0 Å². The van der Waals surface area contributed by atoms with E-state index in [9.17, 15) is 23.1 Å². The fourth-order valence-corrected chi connectivity index (χ4v) is 3.81. The molecule has 31 heavy (non-hydrogen) atoms. The van der Waals surface area contributed by atoms with Gasteiger partial charge in [-0.05, 0) is 36.2 Å². The number of β-amino-alcohol motifs (C(OH)–C–C–N with tert-alkyl or cyclic N) is 1. The Hall–Kier alpha value is -2.58. The third kappa shape index (κ3) is 6.70. The first-order chi connectivity index (χ1) is 14.7. The lowest BCUT2D eigenvalue weighted by atomic mass is 10.0. The summed E-state index contributed by atoms with van der Waals surface area (Å²) in [5, 5.41) is 12.3. The number of anilines is 1. The summed E-state index contributed by atoms with van der Waals surface area (Å²) < 4.78 is 36.7. The number of hydrogen-bond donors (Lipinski definition) is 2. The van der Waals surface area contributed by atoms with Crippen molar-refractivity contribution >= 4 is 11.6 Å². The topological polar surface area (TPSA) is 55.8 Å². The third-order valence-corrected chi connectivity index (χ3v) is 5.53. The van der Waals surface area contributed by atoms with E-state index in [4.69, 9.17) is 0 Å². The number of aliphatic hydroxyl groups excluding tert-OH is 1. The minimum Gasteiger partial charge on any atom is -0.392 e. The molecule has 2 aromatic carbocycles. The summed E-state index contributed by atoms with van der Waals surface area (Å²) in [7, 11) is 1.96. The van der Waals surface area contributed by atoms with Crippen LogP contribution in [0.4, 0.5) is 18.9 Å². The highest BCUT2D eigenvalue weighted by molar-refractivity contribution is 5.94. The van der Waals surface area contributed by atoms with Gasteiger partial charge in [0.2, 0.25) is 0 Å². The predicted molar refractivity (Wildman–Crippen MR) is 114 cm³/mol. The van der Waals surface area contributed by atoms with Crippen molar-refractivity contribution < 1.29 is 23.1 Å². The molecule has 1 saturated heterocycles. The monoisotopic (exact) mass is 435 g/mol. The van der Waals surface area contributed by atoms with Crippen LogP contribution >= 0.6 is 0 Å².